The minimum absolute atomic E-state index is 1.23. The van der Waals surface area contributed by atoms with E-state index in [4.69, 9.17) is 0 Å². The van der Waals surface area contributed by atoms with Gasteiger partial charge in [-0.25, -0.2) is 0 Å². The molecule has 0 saturated carbocycles. The van der Waals surface area contributed by atoms with Crippen molar-refractivity contribution in [3.63, 3.8) is 0 Å². The van der Waals surface area contributed by atoms with Crippen molar-refractivity contribution in [2.75, 3.05) is 0 Å². The molecule has 212 valence electrons. The standard InChI is InChI=1S/C46H28/c1-2-12-30(13-3-1)43-39-25-33-15-6-8-17-35(33)27-41(39)46-44(40-26-34-16-7-9-18-36(34)28-42(40)45(43)46)38-20-10-19-32(24-38)37-22-21-29-11-4-5-14-31(29)23-37/h1-28H. The zero-order valence-corrected chi connectivity index (χ0v) is 25.2. The van der Waals surface area contributed by atoms with Gasteiger partial charge in [-0.1, -0.05) is 133 Å². The molecule has 10 rings (SSSR count). The van der Waals surface area contributed by atoms with E-state index < -0.39 is 0 Å². The Morgan fingerprint density at radius 1 is 0.196 bits per heavy atom. The maximum Gasteiger partial charge on any atom is -0.000740 e. The number of fused-ring (bicyclic) bond motifs is 8. The van der Waals surface area contributed by atoms with Crippen molar-refractivity contribution in [2.24, 2.45) is 0 Å². The van der Waals surface area contributed by atoms with Crippen LogP contribution in [0.25, 0.3) is 65.7 Å². The van der Waals surface area contributed by atoms with Gasteiger partial charge in [-0.3, -0.25) is 0 Å². The van der Waals surface area contributed by atoms with Gasteiger partial charge in [0.2, 0.25) is 0 Å². The van der Waals surface area contributed by atoms with Crippen molar-refractivity contribution in [2.45, 2.75) is 0 Å². The molecule has 0 fully saturated rings. The fourth-order valence-electron chi connectivity index (χ4n) is 7.79. The molecule has 0 spiro atoms. The van der Waals surface area contributed by atoms with Crippen molar-refractivity contribution >= 4 is 54.6 Å². The highest BCUT2D eigenvalue weighted by Crippen LogP contribution is 2.59. The molecule has 0 radical (unpaired) electrons. The van der Waals surface area contributed by atoms with Crippen LogP contribution in [0.3, 0.4) is 0 Å². The zero-order valence-electron chi connectivity index (χ0n) is 25.2. The molecular weight excluding hydrogens is 553 g/mol. The molecule has 0 unspecified atom stereocenters. The van der Waals surface area contributed by atoms with E-state index in [9.17, 15) is 0 Å². The molecular formula is C46H28. The molecule has 0 bridgehead atoms. The molecule has 0 saturated heterocycles. The summed E-state index contributed by atoms with van der Waals surface area (Å²) in [7, 11) is 0. The van der Waals surface area contributed by atoms with Gasteiger partial charge < -0.3 is 0 Å². The van der Waals surface area contributed by atoms with Gasteiger partial charge in [-0.2, -0.15) is 0 Å². The van der Waals surface area contributed by atoms with Crippen LogP contribution in [0.4, 0.5) is 0 Å². The van der Waals surface area contributed by atoms with Crippen LogP contribution < -0.4 is 0 Å². The lowest BCUT2D eigenvalue weighted by molar-refractivity contribution is 1.54. The molecule has 0 nitrogen and oxygen atoms in total. The monoisotopic (exact) mass is 580 g/mol. The summed E-state index contributed by atoms with van der Waals surface area (Å²) in [6, 6.07) is 62.8. The number of hydrogen-bond acceptors (Lipinski definition) is 0. The van der Waals surface area contributed by atoms with Gasteiger partial charge in [-0.15, -0.1) is 0 Å². The molecule has 8 aromatic rings. The lowest BCUT2D eigenvalue weighted by Crippen LogP contribution is -1.94. The van der Waals surface area contributed by atoms with Crippen LogP contribution in [0.5, 0.6) is 0 Å². The van der Waals surface area contributed by atoms with Gasteiger partial charge >= 0.3 is 0 Å². The second-order valence-corrected chi connectivity index (χ2v) is 12.5. The molecule has 0 amide bonds. The second kappa shape index (κ2) is 9.76. The minimum atomic E-state index is 1.23. The lowest BCUT2D eigenvalue weighted by Gasteiger charge is -2.14. The van der Waals surface area contributed by atoms with E-state index >= 15 is 0 Å². The van der Waals surface area contributed by atoms with E-state index in [1.165, 1.54) is 99.1 Å². The van der Waals surface area contributed by atoms with E-state index in [1.807, 2.05) is 0 Å². The molecule has 2 aliphatic carbocycles. The third kappa shape index (κ3) is 3.74. The van der Waals surface area contributed by atoms with Gasteiger partial charge in [0.25, 0.3) is 0 Å². The number of hydrogen-bond donors (Lipinski definition) is 0. The molecule has 0 heterocycles. The van der Waals surface area contributed by atoms with Crippen LogP contribution in [-0.2, 0) is 0 Å². The maximum atomic E-state index is 2.43. The summed E-state index contributed by atoms with van der Waals surface area (Å²) in [5, 5.41) is 7.61. The van der Waals surface area contributed by atoms with Crippen LogP contribution in [0.2, 0.25) is 0 Å². The predicted molar refractivity (Wildman–Crippen MR) is 196 cm³/mol. The van der Waals surface area contributed by atoms with E-state index in [2.05, 4.69) is 170 Å². The Bertz CT molecular complexity index is 2610. The summed E-state index contributed by atoms with van der Waals surface area (Å²) < 4.78 is 0. The topological polar surface area (TPSA) is 0 Å². The van der Waals surface area contributed by atoms with Crippen molar-refractivity contribution in [3.05, 3.63) is 203 Å². The summed E-state index contributed by atoms with van der Waals surface area (Å²) in [5.74, 6) is 0. The quantitative estimate of drug-likeness (QED) is 0.195. The van der Waals surface area contributed by atoms with Gasteiger partial charge in [0.15, 0.2) is 0 Å². The zero-order chi connectivity index (χ0) is 30.2. The molecule has 0 heteroatoms. The first-order chi connectivity index (χ1) is 22.8. The smallest absolute Gasteiger partial charge is 0.000740 e. The Morgan fingerprint density at radius 3 is 1.15 bits per heavy atom. The Hall–Kier alpha value is -5.98. The molecule has 0 aliphatic heterocycles. The SMILES string of the molecule is c1ccc(C2=C3C(=C(c4cccc(-c5ccc6ccccc6c5)c4)c4cc5ccccc5cc43)c3cc4ccccc4cc32)cc1. The highest BCUT2D eigenvalue weighted by Gasteiger charge is 2.38. The van der Waals surface area contributed by atoms with Crippen molar-refractivity contribution in [1.29, 1.82) is 0 Å². The first-order valence-electron chi connectivity index (χ1n) is 16.0. The third-order valence-electron chi connectivity index (χ3n) is 9.90. The fourth-order valence-corrected chi connectivity index (χ4v) is 7.79. The summed E-state index contributed by atoms with van der Waals surface area (Å²) in [5.41, 5.74) is 15.6. The second-order valence-electron chi connectivity index (χ2n) is 12.5. The number of rotatable bonds is 3. The summed E-state index contributed by atoms with van der Waals surface area (Å²) in [6.07, 6.45) is 0. The predicted octanol–water partition coefficient (Wildman–Crippen LogP) is 12.1. The lowest BCUT2D eigenvalue weighted by atomic mass is 9.89. The molecule has 0 aromatic heterocycles. The van der Waals surface area contributed by atoms with Gasteiger partial charge in [0, 0.05) is 0 Å². The highest BCUT2D eigenvalue weighted by molar-refractivity contribution is 6.36. The van der Waals surface area contributed by atoms with Crippen LogP contribution >= 0.6 is 0 Å². The molecule has 46 heavy (non-hydrogen) atoms. The molecule has 2 aliphatic rings. The first kappa shape index (κ1) is 25.4. The summed E-state index contributed by atoms with van der Waals surface area (Å²) in [4.78, 5) is 0. The summed E-state index contributed by atoms with van der Waals surface area (Å²) >= 11 is 0. The van der Waals surface area contributed by atoms with Gasteiger partial charge in [0.1, 0.15) is 0 Å². The average Bonchev–Trinajstić information content (AvgIpc) is 3.61. The van der Waals surface area contributed by atoms with Crippen molar-refractivity contribution < 1.29 is 0 Å². The Balaban J connectivity index is 1.30. The summed E-state index contributed by atoms with van der Waals surface area (Å²) in [6.45, 7) is 0. The number of benzene rings is 8. The van der Waals surface area contributed by atoms with E-state index in [1.54, 1.807) is 0 Å². The number of allylic oxidation sites excluding steroid dienone is 2. The minimum Gasteiger partial charge on any atom is -0.0622 e. The molecule has 0 N–H and O–H groups in total. The van der Waals surface area contributed by atoms with Crippen LogP contribution in [0.15, 0.2) is 170 Å². The fraction of sp³-hybridized carbons (Fsp3) is 0. The van der Waals surface area contributed by atoms with Gasteiger partial charge in [0.05, 0.1) is 0 Å². The van der Waals surface area contributed by atoms with Crippen LogP contribution in [-0.4, -0.2) is 0 Å². The van der Waals surface area contributed by atoms with E-state index in [-0.39, 0.29) is 0 Å². The van der Waals surface area contributed by atoms with Crippen molar-refractivity contribution in [1.82, 2.24) is 0 Å². The van der Waals surface area contributed by atoms with Crippen LogP contribution in [0.1, 0.15) is 33.4 Å². The van der Waals surface area contributed by atoms with E-state index in [0.717, 1.165) is 0 Å². The van der Waals surface area contributed by atoms with E-state index in [0.29, 0.717) is 0 Å². The normalized spacial score (nSPS) is 13.5. The third-order valence-corrected chi connectivity index (χ3v) is 9.90. The highest BCUT2D eigenvalue weighted by atomic mass is 14.4. The molecule has 8 aromatic carbocycles. The average molecular weight is 581 g/mol. The Kier molecular flexibility index (Phi) is 5.38. The van der Waals surface area contributed by atoms with Crippen molar-refractivity contribution in [3.8, 4) is 11.1 Å². The maximum absolute atomic E-state index is 2.43. The Morgan fingerprint density at radius 2 is 0.587 bits per heavy atom. The van der Waals surface area contributed by atoms with Gasteiger partial charge in [-0.05, 0) is 136 Å². The largest absolute Gasteiger partial charge is 0.0622 e. The Labute approximate surface area is 268 Å². The van der Waals surface area contributed by atoms with Crippen LogP contribution in [0, 0.1) is 0 Å². The first-order valence-corrected chi connectivity index (χ1v) is 16.0. The molecule has 0 atom stereocenters.